The molecule has 0 aliphatic rings. The fourth-order valence-electron chi connectivity index (χ4n) is 2.14. The average Bonchev–Trinajstić information content (AvgIpc) is 2.61. The Balaban J connectivity index is 1.67. The van der Waals surface area contributed by atoms with Gasteiger partial charge in [0.15, 0.2) is 5.17 Å². The lowest BCUT2D eigenvalue weighted by Gasteiger charge is -2.00. The number of amidine groups is 1. The van der Waals surface area contributed by atoms with Crippen molar-refractivity contribution in [1.29, 1.82) is 0 Å². The van der Waals surface area contributed by atoms with E-state index in [2.05, 4.69) is 27.3 Å². The first kappa shape index (κ1) is 15.2. The highest BCUT2D eigenvalue weighted by atomic mass is 32.2. The Kier molecular flexibility index (Phi) is 5.01. The van der Waals surface area contributed by atoms with E-state index in [1.165, 1.54) is 17.3 Å². The topological polar surface area (TPSA) is 63.6 Å². The van der Waals surface area contributed by atoms with Crippen LogP contribution in [0.4, 0.5) is 0 Å². The number of hydrogen-bond acceptors (Lipinski definition) is 4. The summed E-state index contributed by atoms with van der Waals surface area (Å²) in [5.74, 6) is 0.779. The largest absolute Gasteiger partial charge is 0.377 e. The van der Waals surface area contributed by atoms with E-state index in [4.69, 9.17) is 5.73 Å². The number of thioether (sulfide) groups is 1. The third-order valence-corrected chi connectivity index (χ3v) is 4.10. The Hall–Kier alpha value is -2.66. The summed E-state index contributed by atoms with van der Waals surface area (Å²) in [6.07, 6.45) is 3.46. The molecule has 23 heavy (non-hydrogen) atoms. The van der Waals surface area contributed by atoms with Gasteiger partial charge >= 0.3 is 0 Å². The van der Waals surface area contributed by atoms with Crippen LogP contribution < -0.4 is 5.73 Å². The highest BCUT2D eigenvalue weighted by Crippen LogP contribution is 2.14. The third kappa shape index (κ3) is 4.17. The molecule has 2 N–H and O–H groups in total. The van der Waals surface area contributed by atoms with Crippen LogP contribution in [0.15, 0.2) is 77.1 Å². The van der Waals surface area contributed by atoms with Gasteiger partial charge in [0, 0.05) is 22.9 Å². The smallest absolute Gasteiger partial charge is 0.180 e. The van der Waals surface area contributed by atoms with E-state index in [9.17, 15) is 0 Å². The second-order valence-corrected chi connectivity index (χ2v) is 5.88. The zero-order valence-corrected chi connectivity index (χ0v) is 13.3. The number of para-hydroxylation sites is 1. The molecule has 0 radical (unpaired) electrons. The number of benzene rings is 2. The van der Waals surface area contributed by atoms with Gasteiger partial charge in [0.1, 0.15) is 0 Å². The fraction of sp³-hybridized carbons (Fsp3) is 0.0556. The minimum absolute atomic E-state index is 0.443. The minimum atomic E-state index is 0.443. The molecular weight excluding hydrogens is 304 g/mol. The monoisotopic (exact) mass is 320 g/mol. The third-order valence-electron chi connectivity index (χ3n) is 3.25. The summed E-state index contributed by atoms with van der Waals surface area (Å²) in [4.78, 5) is 4.38. The minimum Gasteiger partial charge on any atom is -0.377 e. The molecule has 0 unspecified atom stereocenters. The number of pyridine rings is 1. The van der Waals surface area contributed by atoms with E-state index >= 15 is 0 Å². The SMILES string of the molecule is NC(=NN=Cc1cccc2cccnc12)SCc1ccccc1. The van der Waals surface area contributed by atoms with Crippen molar-refractivity contribution < 1.29 is 0 Å². The molecule has 0 fully saturated rings. The van der Waals surface area contributed by atoms with Crippen LogP contribution >= 0.6 is 11.8 Å². The second kappa shape index (κ2) is 7.56. The van der Waals surface area contributed by atoms with Crippen molar-refractivity contribution in [2.24, 2.45) is 15.9 Å². The highest BCUT2D eigenvalue weighted by Gasteiger charge is 1.99. The molecule has 5 heteroatoms. The van der Waals surface area contributed by atoms with Crippen LogP contribution in [0.25, 0.3) is 10.9 Å². The Morgan fingerprint density at radius 2 is 1.87 bits per heavy atom. The van der Waals surface area contributed by atoms with Crippen molar-refractivity contribution in [2.45, 2.75) is 5.75 Å². The van der Waals surface area contributed by atoms with Gasteiger partial charge in [-0.15, -0.1) is 5.10 Å². The van der Waals surface area contributed by atoms with Crippen LogP contribution in [-0.4, -0.2) is 16.4 Å². The lowest BCUT2D eigenvalue weighted by atomic mass is 10.1. The Morgan fingerprint density at radius 3 is 2.74 bits per heavy atom. The van der Waals surface area contributed by atoms with Gasteiger partial charge < -0.3 is 5.73 Å². The van der Waals surface area contributed by atoms with Crippen LogP contribution in [0.1, 0.15) is 11.1 Å². The normalized spacial score (nSPS) is 12.1. The average molecular weight is 320 g/mol. The molecular formula is C18H16N4S. The van der Waals surface area contributed by atoms with Gasteiger partial charge in [-0.3, -0.25) is 4.98 Å². The molecule has 0 atom stereocenters. The van der Waals surface area contributed by atoms with Gasteiger partial charge in [-0.2, -0.15) is 5.10 Å². The van der Waals surface area contributed by atoms with Crippen LogP contribution in [0.3, 0.4) is 0 Å². The maximum absolute atomic E-state index is 5.88. The first-order valence-corrected chi connectivity index (χ1v) is 8.18. The summed E-state index contributed by atoms with van der Waals surface area (Å²) in [5.41, 5.74) is 8.92. The lowest BCUT2D eigenvalue weighted by molar-refractivity contribution is 1.25. The molecule has 0 aliphatic carbocycles. The van der Waals surface area contributed by atoms with Gasteiger partial charge in [-0.05, 0) is 11.6 Å². The zero-order valence-electron chi connectivity index (χ0n) is 12.5. The van der Waals surface area contributed by atoms with Crippen LogP contribution in [0, 0.1) is 0 Å². The number of aromatic nitrogens is 1. The number of nitrogens with zero attached hydrogens (tertiary/aromatic N) is 3. The molecule has 0 bridgehead atoms. The van der Waals surface area contributed by atoms with E-state index in [0.717, 1.165) is 22.2 Å². The molecule has 114 valence electrons. The van der Waals surface area contributed by atoms with E-state index < -0.39 is 0 Å². The second-order valence-electron chi connectivity index (χ2n) is 4.88. The van der Waals surface area contributed by atoms with E-state index in [-0.39, 0.29) is 0 Å². The summed E-state index contributed by atoms with van der Waals surface area (Å²) in [6, 6.07) is 20.0. The fourth-order valence-corrected chi connectivity index (χ4v) is 2.75. The molecule has 3 aromatic rings. The maximum Gasteiger partial charge on any atom is 0.180 e. The van der Waals surface area contributed by atoms with Gasteiger partial charge in [0.2, 0.25) is 0 Å². The number of fused-ring (bicyclic) bond motifs is 1. The first-order valence-electron chi connectivity index (χ1n) is 7.20. The predicted octanol–water partition coefficient (Wildman–Crippen LogP) is 3.82. The molecule has 0 saturated heterocycles. The van der Waals surface area contributed by atoms with Crippen molar-refractivity contribution in [1.82, 2.24) is 4.98 Å². The molecule has 1 aromatic heterocycles. The number of nitrogens with two attached hydrogens (primary N) is 1. The van der Waals surface area contributed by atoms with Gasteiger partial charge in [0.25, 0.3) is 0 Å². The molecule has 0 spiro atoms. The summed E-state index contributed by atoms with van der Waals surface area (Å²) in [6.45, 7) is 0. The Bertz CT molecular complexity index is 839. The Morgan fingerprint density at radius 1 is 1.04 bits per heavy atom. The van der Waals surface area contributed by atoms with Gasteiger partial charge in [-0.1, -0.05) is 66.4 Å². The molecule has 2 aromatic carbocycles. The zero-order chi connectivity index (χ0) is 15.9. The van der Waals surface area contributed by atoms with E-state index in [1.807, 2.05) is 48.5 Å². The molecule has 3 rings (SSSR count). The van der Waals surface area contributed by atoms with Crippen molar-refractivity contribution in [3.63, 3.8) is 0 Å². The predicted molar refractivity (Wildman–Crippen MR) is 98.7 cm³/mol. The molecule has 0 saturated carbocycles. The number of hydrogen-bond donors (Lipinski definition) is 1. The Labute approximate surface area is 139 Å². The quantitative estimate of drug-likeness (QED) is 0.451. The van der Waals surface area contributed by atoms with Crippen molar-refractivity contribution in [3.05, 3.63) is 78.0 Å². The van der Waals surface area contributed by atoms with Crippen LogP contribution in [-0.2, 0) is 5.75 Å². The maximum atomic E-state index is 5.88. The van der Waals surface area contributed by atoms with Crippen LogP contribution in [0.2, 0.25) is 0 Å². The van der Waals surface area contributed by atoms with Crippen molar-refractivity contribution in [3.8, 4) is 0 Å². The summed E-state index contributed by atoms with van der Waals surface area (Å²) >= 11 is 1.47. The van der Waals surface area contributed by atoms with Crippen LogP contribution in [0.5, 0.6) is 0 Å². The van der Waals surface area contributed by atoms with E-state index in [1.54, 1.807) is 12.4 Å². The lowest BCUT2D eigenvalue weighted by Crippen LogP contribution is -2.06. The van der Waals surface area contributed by atoms with Crippen molar-refractivity contribution >= 4 is 34.0 Å². The number of rotatable bonds is 4. The standard InChI is InChI=1S/C18H16N4S/c19-18(23-13-14-6-2-1-3-7-14)22-21-12-16-9-4-8-15-10-5-11-20-17(15)16/h1-12H,13H2,(H2,19,22). The molecule has 0 aliphatic heterocycles. The van der Waals surface area contributed by atoms with Crippen molar-refractivity contribution in [2.75, 3.05) is 0 Å². The molecule has 0 amide bonds. The van der Waals surface area contributed by atoms with E-state index in [0.29, 0.717) is 5.17 Å². The summed E-state index contributed by atoms with van der Waals surface area (Å²) in [7, 11) is 0. The molecule has 4 nitrogen and oxygen atoms in total. The summed E-state index contributed by atoms with van der Waals surface area (Å²) < 4.78 is 0. The highest BCUT2D eigenvalue weighted by molar-refractivity contribution is 8.13. The van der Waals surface area contributed by atoms with Gasteiger partial charge in [-0.25, -0.2) is 0 Å². The first-order chi connectivity index (χ1) is 11.3. The van der Waals surface area contributed by atoms with Gasteiger partial charge in [0.05, 0.1) is 11.7 Å². The molecule has 1 heterocycles. The summed E-state index contributed by atoms with van der Waals surface area (Å²) in [5, 5.41) is 9.64.